The van der Waals surface area contributed by atoms with Gasteiger partial charge in [-0.05, 0) is 17.7 Å². The summed E-state index contributed by atoms with van der Waals surface area (Å²) < 4.78 is 0. The number of urea groups is 1. The van der Waals surface area contributed by atoms with Gasteiger partial charge in [-0.15, -0.1) is 0 Å². The lowest BCUT2D eigenvalue weighted by Crippen LogP contribution is -2.27. The molecule has 0 aliphatic carbocycles. The number of imide groups is 1. The molecule has 0 aromatic heterocycles. The first-order valence-electron chi connectivity index (χ1n) is 3.69. The molecular formula is C8H6N4O2. The first-order chi connectivity index (χ1) is 6.74. The number of nitrogens with one attached hydrogen (secondary N) is 1. The number of carbonyl (C=O) groups is 2. The fourth-order valence-electron chi connectivity index (χ4n) is 0.824. The van der Waals surface area contributed by atoms with Crippen LogP contribution in [0.3, 0.4) is 0 Å². The van der Waals surface area contributed by atoms with E-state index in [1.54, 1.807) is 30.3 Å². The van der Waals surface area contributed by atoms with Crippen LogP contribution < -0.4 is 5.32 Å². The molecule has 0 unspecified atom stereocenters. The van der Waals surface area contributed by atoms with Crippen molar-refractivity contribution < 1.29 is 9.59 Å². The third-order valence-corrected chi connectivity index (χ3v) is 1.39. The van der Waals surface area contributed by atoms with E-state index in [0.29, 0.717) is 5.56 Å². The van der Waals surface area contributed by atoms with Gasteiger partial charge in [-0.3, -0.25) is 14.9 Å². The highest BCUT2D eigenvalue weighted by molar-refractivity contribution is 6.04. The van der Waals surface area contributed by atoms with Crippen molar-refractivity contribution in [3.8, 4) is 0 Å². The molecule has 0 aliphatic rings. The summed E-state index contributed by atoms with van der Waals surface area (Å²) in [4.78, 5) is 24.1. The van der Waals surface area contributed by atoms with Gasteiger partial charge in [0.25, 0.3) is 5.91 Å². The Hall–Kier alpha value is -2.33. The molecule has 1 aromatic carbocycles. The van der Waals surface area contributed by atoms with Crippen LogP contribution in [0, 0.1) is 0 Å². The minimum atomic E-state index is -1.01. The van der Waals surface area contributed by atoms with E-state index in [4.69, 9.17) is 5.53 Å². The van der Waals surface area contributed by atoms with Crippen LogP contribution in [0.1, 0.15) is 10.4 Å². The summed E-state index contributed by atoms with van der Waals surface area (Å²) in [5, 5.41) is 4.60. The third-order valence-electron chi connectivity index (χ3n) is 1.39. The van der Waals surface area contributed by atoms with Crippen LogP contribution >= 0.6 is 0 Å². The van der Waals surface area contributed by atoms with Crippen molar-refractivity contribution in [2.24, 2.45) is 5.11 Å². The molecule has 0 saturated carbocycles. The Balaban J connectivity index is 2.69. The second-order valence-corrected chi connectivity index (χ2v) is 2.31. The van der Waals surface area contributed by atoms with E-state index >= 15 is 0 Å². The van der Waals surface area contributed by atoms with E-state index < -0.39 is 11.9 Å². The molecule has 14 heavy (non-hydrogen) atoms. The summed E-state index contributed by atoms with van der Waals surface area (Å²) in [6, 6.07) is 7.13. The van der Waals surface area contributed by atoms with Gasteiger partial charge in [0.2, 0.25) is 0 Å². The van der Waals surface area contributed by atoms with Crippen molar-refractivity contribution in [1.82, 2.24) is 5.32 Å². The molecule has 0 bridgehead atoms. The summed E-state index contributed by atoms with van der Waals surface area (Å²) in [6.07, 6.45) is 0. The summed E-state index contributed by atoms with van der Waals surface area (Å²) in [5.41, 5.74) is 8.23. The number of amides is 3. The maximum atomic E-state index is 11.2. The van der Waals surface area contributed by atoms with Crippen LogP contribution in [0.2, 0.25) is 0 Å². The summed E-state index contributed by atoms with van der Waals surface area (Å²) in [7, 11) is 0. The van der Waals surface area contributed by atoms with E-state index in [1.807, 2.05) is 5.32 Å². The van der Waals surface area contributed by atoms with Crippen LogP contribution in [0.25, 0.3) is 10.4 Å². The van der Waals surface area contributed by atoms with Gasteiger partial charge in [0.1, 0.15) is 0 Å². The zero-order chi connectivity index (χ0) is 10.4. The van der Waals surface area contributed by atoms with E-state index in [9.17, 15) is 9.59 Å². The van der Waals surface area contributed by atoms with E-state index in [1.165, 1.54) is 0 Å². The molecular weight excluding hydrogens is 184 g/mol. The molecule has 0 fully saturated rings. The van der Waals surface area contributed by atoms with Gasteiger partial charge < -0.3 is 0 Å². The van der Waals surface area contributed by atoms with Crippen LogP contribution in [0.5, 0.6) is 0 Å². The molecule has 0 aliphatic heterocycles. The Morgan fingerprint density at radius 2 is 1.93 bits per heavy atom. The van der Waals surface area contributed by atoms with Gasteiger partial charge >= 0.3 is 6.03 Å². The summed E-state index contributed by atoms with van der Waals surface area (Å²) in [5.74, 6) is -0.594. The number of rotatable bonds is 1. The Labute approximate surface area is 79.2 Å². The predicted octanol–water partition coefficient (Wildman–Crippen LogP) is 1.85. The lowest BCUT2D eigenvalue weighted by Gasteiger charge is -1.98. The first-order valence-corrected chi connectivity index (χ1v) is 3.69. The van der Waals surface area contributed by atoms with Gasteiger partial charge in [-0.1, -0.05) is 18.2 Å². The zero-order valence-electron chi connectivity index (χ0n) is 7.04. The van der Waals surface area contributed by atoms with Crippen molar-refractivity contribution in [3.63, 3.8) is 0 Å². The highest BCUT2D eigenvalue weighted by Gasteiger charge is 2.06. The van der Waals surface area contributed by atoms with E-state index in [-0.39, 0.29) is 0 Å². The Morgan fingerprint density at radius 1 is 1.29 bits per heavy atom. The average Bonchev–Trinajstić information content (AvgIpc) is 2.19. The third kappa shape index (κ3) is 2.62. The SMILES string of the molecule is [N-]=[N+]=NC(=O)NC(=O)c1ccccc1. The fraction of sp³-hybridized carbons (Fsp3) is 0. The molecule has 70 valence electrons. The molecule has 0 heterocycles. The van der Waals surface area contributed by atoms with Crippen molar-refractivity contribution in [2.75, 3.05) is 0 Å². The Kier molecular flexibility index (Phi) is 3.23. The van der Waals surface area contributed by atoms with E-state index in [2.05, 4.69) is 10.0 Å². The Bertz CT molecular complexity index is 395. The molecule has 0 radical (unpaired) electrons. The summed E-state index contributed by atoms with van der Waals surface area (Å²) >= 11 is 0. The van der Waals surface area contributed by atoms with Gasteiger partial charge in [-0.25, -0.2) is 0 Å². The lowest BCUT2D eigenvalue weighted by atomic mass is 10.2. The normalized spacial score (nSPS) is 8.57. The minimum absolute atomic E-state index is 0.328. The van der Waals surface area contributed by atoms with E-state index in [0.717, 1.165) is 0 Å². The number of hydrogen-bond acceptors (Lipinski definition) is 2. The molecule has 0 spiro atoms. The van der Waals surface area contributed by atoms with Crippen LogP contribution in [0.4, 0.5) is 4.79 Å². The minimum Gasteiger partial charge on any atom is -0.287 e. The highest BCUT2D eigenvalue weighted by Crippen LogP contribution is 1.97. The number of benzene rings is 1. The second kappa shape index (κ2) is 4.64. The Morgan fingerprint density at radius 3 is 2.50 bits per heavy atom. The van der Waals surface area contributed by atoms with Crippen LogP contribution in [-0.4, -0.2) is 11.9 Å². The van der Waals surface area contributed by atoms with Gasteiger partial charge in [-0.2, -0.15) is 0 Å². The average molecular weight is 190 g/mol. The highest BCUT2D eigenvalue weighted by atomic mass is 16.2. The standard InChI is InChI=1S/C8H6N4O2/c9-12-11-8(14)10-7(13)6-4-2-1-3-5-6/h1-5H,(H,10,13,14). The molecule has 1 rings (SSSR count). The van der Waals surface area contributed by atoms with Crippen molar-refractivity contribution in [1.29, 1.82) is 0 Å². The van der Waals surface area contributed by atoms with Crippen molar-refractivity contribution in [3.05, 3.63) is 46.3 Å². The molecule has 1 aromatic rings. The van der Waals surface area contributed by atoms with Crippen LogP contribution in [0.15, 0.2) is 35.4 Å². The second-order valence-electron chi connectivity index (χ2n) is 2.31. The fourth-order valence-corrected chi connectivity index (χ4v) is 0.824. The predicted molar refractivity (Wildman–Crippen MR) is 48.5 cm³/mol. The number of hydrogen-bond donors (Lipinski definition) is 1. The van der Waals surface area contributed by atoms with Crippen molar-refractivity contribution in [2.45, 2.75) is 0 Å². The first kappa shape index (κ1) is 9.76. The largest absolute Gasteiger partial charge is 0.314 e. The molecule has 6 nitrogen and oxygen atoms in total. The molecule has 0 saturated heterocycles. The van der Waals surface area contributed by atoms with Gasteiger partial charge in [0, 0.05) is 15.6 Å². The monoisotopic (exact) mass is 190 g/mol. The topological polar surface area (TPSA) is 94.9 Å². The van der Waals surface area contributed by atoms with Crippen molar-refractivity contribution >= 4 is 11.9 Å². The quantitative estimate of drug-likeness (QED) is 0.415. The smallest absolute Gasteiger partial charge is 0.287 e. The van der Waals surface area contributed by atoms with Gasteiger partial charge in [0.05, 0.1) is 0 Å². The number of nitrogens with zero attached hydrogens (tertiary/aromatic N) is 3. The van der Waals surface area contributed by atoms with Gasteiger partial charge in [0.15, 0.2) is 0 Å². The molecule has 1 N–H and O–H groups in total. The lowest BCUT2D eigenvalue weighted by molar-refractivity contribution is 0.0966. The molecule has 3 amide bonds. The molecule has 6 heteroatoms. The summed E-state index contributed by atoms with van der Waals surface area (Å²) in [6.45, 7) is 0. The van der Waals surface area contributed by atoms with Crippen LogP contribution in [-0.2, 0) is 0 Å². The molecule has 0 atom stereocenters. The maximum absolute atomic E-state index is 11.2. The zero-order valence-corrected chi connectivity index (χ0v) is 7.04. The maximum Gasteiger partial charge on any atom is 0.314 e. The number of azide groups is 1. The number of carbonyl (C=O) groups excluding carboxylic acids is 2.